The summed E-state index contributed by atoms with van der Waals surface area (Å²) in [6, 6.07) is 16.2. The molecule has 31 heavy (non-hydrogen) atoms. The number of anilines is 3. The average Bonchev–Trinajstić information content (AvgIpc) is 2.80. The zero-order chi connectivity index (χ0) is 21.6. The molecule has 4 rings (SSSR count). The van der Waals surface area contributed by atoms with Crippen LogP contribution in [0.25, 0.3) is 0 Å². The highest BCUT2D eigenvalue weighted by atomic mass is 16.6. The second kappa shape index (κ2) is 9.08. The van der Waals surface area contributed by atoms with Crippen LogP contribution in [0.4, 0.5) is 22.0 Å². The molecule has 0 saturated carbocycles. The van der Waals surface area contributed by atoms with Gasteiger partial charge in [0, 0.05) is 29.9 Å². The van der Waals surface area contributed by atoms with Crippen molar-refractivity contribution in [2.45, 2.75) is 13.0 Å². The molecule has 2 heterocycles. The Morgan fingerprint density at radius 3 is 2.68 bits per heavy atom. The topological polar surface area (TPSA) is 96.5 Å². The van der Waals surface area contributed by atoms with E-state index in [-0.39, 0.29) is 5.91 Å². The molecule has 156 valence electrons. The highest BCUT2D eigenvalue weighted by Gasteiger charge is 2.26. The molecule has 2 amide bonds. The molecule has 0 aliphatic carbocycles. The molecule has 0 saturated heterocycles. The lowest BCUT2D eigenvalue weighted by molar-refractivity contribution is -0.111. The van der Waals surface area contributed by atoms with Crippen LogP contribution in [0.15, 0.2) is 73.6 Å². The van der Waals surface area contributed by atoms with Crippen molar-refractivity contribution in [1.82, 2.24) is 14.9 Å². The van der Waals surface area contributed by atoms with Crippen molar-refractivity contribution in [2.75, 3.05) is 17.2 Å². The third-order valence-corrected chi connectivity index (χ3v) is 4.79. The molecule has 0 radical (unpaired) electrons. The van der Waals surface area contributed by atoms with Crippen molar-refractivity contribution in [3.8, 4) is 5.75 Å². The first-order valence-electron chi connectivity index (χ1n) is 9.77. The number of carbonyl (C=O) groups excluding carboxylic acids is 2. The number of benzene rings is 2. The summed E-state index contributed by atoms with van der Waals surface area (Å²) in [4.78, 5) is 34.5. The molecule has 0 atom stereocenters. The predicted octanol–water partition coefficient (Wildman–Crippen LogP) is 3.90. The maximum absolute atomic E-state index is 12.6. The van der Waals surface area contributed by atoms with Crippen molar-refractivity contribution in [3.63, 3.8) is 0 Å². The van der Waals surface area contributed by atoms with Crippen molar-refractivity contribution in [2.24, 2.45) is 0 Å². The van der Waals surface area contributed by atoms with Crippen LogP contribution in [0, 0.1) is 0 Å². The fourth-order valence-corrected chi connectivity index (χ4v) is 3.26. The molecule has 1 aliphatic rings. The van der Waals surface area contributed by atoms with Gasteiger partial charge in [0.1, 0.15) is 17.9 Å². The van der Waals surface area contributed by atoms with E-state index in [2.05, 4.69) is 27.2 Å². The minimum Gasteiger partial charge on any atom is -0.410 e. The summed E-state index contributed by atoms with van der Waals surface area (Å²) in [5.41, 5.74) is 3.09. The highest BCUT2D eigenvalue weighted by Crippen LogP contribution is 2.27. The van der Waals surface area contributed by atoms with Crippen LogP contribution < -0.4 is 15.4 Å². The Hall–Kier alpha value is -4.20. The van der Waals surface area contributed by atoms with Gasteiger partial charge >= 0.3 is 6.09 Å². The second-order valence-electron chi connectivity index (χ2n) is 6.90. The second-order valence-corrected chi connectivity index (χ2v) is 6.90. The molecule has 2 N–H and O–H groups in total. The van der Waals surface area contributed by atoms with E-state index in [0.29, 0.717) is 36.8 Å². The van der Waals surface area contributed by atoms with Crippen LogP contribution in [0.5, 0.6) is 5.75 Å². The van der Waals surface area contributed by atoms with Gasteiger partial charge in [0.15, 0.2) is 0 Å². The molecule has 1 aliphatic heterocycles. The Balaban J connectivity index is 1.51. The molecular formula is C23H21N5O3. The number of nitrogens with one attached hydrogen (secondary N) is 2. The highest BCUT2D eigenvalue weighted by molar-refractivity contribution is 5.99. The van der Waals surface area contributed by atoms with Gasteiger partial charge in [0.05, 0.1) is 12.2 Å². The van der Waals surface area contributed by atoms with Crippen molar-refractivity contribution < 1.29 is 14.3 Å². The Kier molecular flexibility index (Phi) is 5.89. The van der Waals surface area contributed by atoms with Crippen LogP contribution in [-0.2, 0) is 17.8 Å². The number of amides is 2. The number of rotatable bonds is 5. The zero-order valence-electron chi connectivity index (χ0n) is 16.7. The number of hydrogen-bond donors (Lipinski definition) is 2. The minimum atomic E-state index is -0.416. The Morgan fingerprint density at radius 2 is 1.87 bits per heavy atom. The quantitative estimate of drug-likeness (QED) is 0.614. The summed E-state index contributed by atoms with van der Waals surface area (Å²) in [5.74, 6) is 0.817. The first-order valence-corrected chi connectivity index (χ1v) is 9.77. The van der Waals surface area contributed by atoms with Crippen LogP contribution in [0.1, 0.15) is 11.3 Å². The minimum absolute atomic E-state index is 0.288. The van der Waals surface area contributed by atoms with Crippen molar-refractivity contribution >= 4 is 29.2 Å². The van der Waals surface area contributed by atoms with Gasteiger partial charge in [-0.1, -0.05) is 30.8 Å². The van der Waals surface area contributed by atoms with E-state index in [1.165, 1.54) is 12.4 Å². The maximum Gasteiger partial charge on any atom is 0.415 e. The molecule has 1 aromatic heterocycles. The summed E-state index contributed by atoms with van der Waals surface area (Å²) < 4.78 is 5.47. The van der Waals surface area contributed by atoms with Crippen LogP contribution in [-0.4, -0.2) is 33.4 Å². The number of hydrogen-bond acceptors (Lipinski definition) is 6. The lowest BCUT2D eigenvalue weighted by atomic mass is 10.1. The molecule has 0 bridgehead atoms. The normalized spacial score (nSPS) is 12.5. The number of carbonyl (C=O) groups is 2. The first kappa shape index (κ1) is 20.1. The summed E-state index contributed by atoms with van der Waals surface area (Å²) in [6.07, 6.45) is 2.90. The number of fused-ring (bicyclic) bond motifs is 1. The number of nitrogens with zero attached hydrogens (tertiary/aromatic N) is 3. The van der Waals surface area contributed by atoms with Gasteiger partial charge in [0.2, 0.25) is 5.91 Å². The summed E-state index contributed by atoms with van der Waals surface area (Å²) in [7, 11) is 0. The Labute approximate surface area is 179 Å². The van der Waals surface area contributed by atoms with Gasteiger partial charge in [-0.2, -0.15) is 0 Å². The predicted molar refractivity (Wildman–Crippen MR) is 117 cm³/mol. The molecule has 3 aromatic rings. The monoisotopic (exact) mass is 415 g/mol. The molecule has 0 spiro atoms. The van der Waals surface area contributed by atoms with E-state index < -0.39 is 6.09 Å². The maximum atomic E-state index is 12.6. The van der Waals surface area contributed by atoms with Crippen molar-refractivity contribution in [1.29, 1.82) is 0 Å². The molecule has 0 fully saturated rings. The van der Waals surface area contributed by atoms with Crippen LogP contribution >= 0.6 is 0 Å². The van der Waals surface area contributed by atoms with E-state index in [4.69, 9.17) is 4.74 Å². The largest absolute Gasteiger partial charge is 0.415 e. The van der Waals surface area contributed by atoms with Crippen LogP contribution in [0.2, 0.25) is 0 Å². The van der Waals surface area contributed by atoms with Gasteiger partial charge in [-0.05, 0) is 36.4 Å². The molecular weight excluding hydrogens is 394 g/mol. The molecule has 8 nitrogen and oxygen atoms in total. The zero-order valence-corrected chi connectivity index (χ0v) is 16.7. The fourth-order valence-electron chi connectivity index (χ4n) is 3.26. The lowest BCUT2D eigenvalue weighted by Gasteiger charge is -2.28. The van der Waals surface area contributed by atoms with Gasteiger partial charge in [-0.15, -0.1) is 0 Å². The SMILES string of the molecule is C=CC(=O)Nc1cccc(Nc2ncnc3c2CN(C(=O)Oc2ccccc2)CC3)c1. The van der Waals surface area contributed by atoms with Crippen LogP contribution in [0.3, 0.4) is 0 Å². The molecule has 2 aromatic carbocycles. The number of para-hydroxylation sites is 1. The standard InChI is InChI=1S/C23H21N5O3/c1-2-21(29)26-16-7-6-8-17(13-16)27-22-19-14-28(12-11-20(19)24-15-25-22)23(30)31-18-9-4-3-5-10-18/h2-10,13,15H,1,11-12,14H2,(H,26,29)(H,24,25,27). The Bertz CT molecular complexity index is 1120. The Morgan fingerprint density at radius 1 is 1.06 bits per heavy atom. The third kappa shape index (κ3) is 4.87. The fraction of sp³-hybridized carbons (Fsp3) is 0.130. The number of ether oxygens (including phenoxy) is 1. The van der Waals surface area contributed by atoms with E-state index in [1.807, 2.05) is 30.3 Å². The first-order chi connectivity index (χ1) is 15.1. The lowest BCUT2D eigenvalue weighted by Crippen LogP contribution is -2.38. The summed E-state index contributed by atoms with van der Waals surface area (Å²) in [6.45, 7) is 4.30. The van der Waals surface area contributed by atoms with Gasteiger partial charge in [-0.3, -0.25) is 4.79 Å². The van der Waals surface area contributed by atoms with E-state index in [0.717, 1.165) is 16.9 Å². The number of aromatic nitrogens is 2. The summed E-state index contributed by atoms with van der Waals surface area (Å²) in [5, 5.41) is 5.99. The summed E-state index contributed by atoms with van der Waals surface area (Å²) >= 11 is 0. The molecule has 0 unspecified atom stereocenters. The van der Waals surface area contributed by atoms with Crippen molar-refractivity contribution in [3.05, 3.63) is 84.8 Å². The third-order valence-electron chi connectivity index (χ3n) is 4.79. The van der Waals surface area contributed by atoms with E-state index in [1.54, 1.807) is 29.2 Å². The van der Waals surface area contributed by atoms with E-state index in [9.17, 15) is 9.59 Å². The van der Waals surface area contributed by atoms with Gasteiger partial charge < -0.3 is 20.3 Å². The average molecular weight is 415 g/mol. The van der Waals surface area contributed by atoms with Gasteiger partial charge in [-0.25, -0.2) is 14.8 Å². The van der Waals surface area contributed by atoms with Gasteiger partial charge in [0.25, 0.3) is 0 Å². The van der Waals surface area contributed by atoms with E-state index >= 15 is 0 Å². The smallest absolute Gasteiger partial charge is 0.410 e. The molecule has 8 heteroatoms.